The Morgan fingerprint density at radius 2 is 1.84 bits per heavy atom. The molecule has 31 heavy (non-hydrogen) atoms. The van der Waals surface area contributed by atoms with Crippen LogP contribution in [0.3, 0.4) is 0 Å². The van der Waals surface area contributed by atoms with E-state index in [4.69, 9.17) is 16.0 Å². The summed E-state index contributed by atoms with van der Waals surface area (Å²) in [6.45, 7) is 1.84. The van der Waals surface area contributed by atoms with Crippen LogP contribution in [0.5, 0.6) is 0 Å². The highest BCUT2D eigenvalue weighted by Gasteiger charge is 2.14. The fourth-order valence-corrected chi connectivity index (χ4v) is 2.79. The van der Waals surface area contributed by atoms with Crippen LogP contribution in [-0.2, 0) is 16.1 Å². The van der Waals surface area contributed by atoms with Crippen molar-refractivity contribution in [2.75, 3.05) is 5.32 Å². The number of amides is 3. The van der Waals surface area contributed by atoms with E-state index >= 15 is 0 Å². The maximum Gasteiger partial charge on any atom is 0.313 e. The summed E-state index contributed by atoms with van der Waals surface area (Å²) in [6, 6.07) is 16.9. The number of benzene rings is 2. The van der Waals surface area contributed by atoms with Crippen molar-refractivity contribution in [1.29, 1.82) is 0 Å². The van der Waals surface area contributed by atoms with Gasteiger partial charge in [-0.3, -0.25) is 14.4 Å². The molecule has 0 atom stereocenters. The number of hydrogen-bond donors (Lipinski definition) is 3. The molecule has 0 aliphatic rings. The van der Waals surface area contributed by atoms with Crippen LogP contribution in [0.15, 0.2) is 70.2 Å². The summed E-state index contributed by atoms with van der Waals surface area (Å²) in [7, 11) is 0. The van der Waals surface area contributed by atoms with Gasteiger partial charge in [0.15, 0.2) is 0 Å². The summed E-state index contributed by atoms with van der Waals surface area (Å²) < 4.78 is 5.49. The molecule has 0 aliphatic heterocycles. The number of rotatable bonds is 6. The lowest BCUT2D eigenvalue weighted by molar-refractivity contribution is -0.136. The van der Waals surface area contributed by atoms with Gasteiger partial charge in [-0.1, -0.05) is 35.9 Å². The van der Waals surface area contributed by atoms with Crippen molar-refractivity contribution < 1.29 is 18.8 Å². The highest BCUT2D eigenvalue weighted by molar-refractivity contribution is 6.39. The number of furan rings is 1. The number of nitrogens with zero attached hydrogens (tertiary/aromatic N) is 1. The fourth-order valence-electron chi connectivity index (χ4n) is 2.60. The molecular formula is C22H19ClN4O4. The molecule has 3 aromatic rings. The predicted molar refractivity (Wildman–Crippen MR) is 117 cm³/mol. The summed E-state index contributed by atoms with van der Waals surface area (Å²) in [5.74, 6) is -1.20. The average Bonchev–Trinajstić information content (AvgIpc) is 3.20. The summed E-state index contributed by atoms with van der Waals surface area (Å²) in [6.07, 6.45) is 1.34. The first kappa shape index (κ1) is 21.8. The first-order valence-corrected chi connectivity index (χ1v) is 9.62. The van der Waals surface area contributed by atoms with Crippen molar-refractivity contribution in [1.82, 2.24) is 10.7 Å². The molecule has 158 valence electrons. The molecule has 9 heteroatoms. The van der Waals surface area contributed by atoms with Crippen molar-refractivity contribution >= 4 is 41.2 Å². The minimum atomic E-state index is -0.825. The first-order chi connectivity index (χ1) is 14.9. The number of halogens is 1. The Bertz CT molecular complexity index is 1140. The van der Waals surface area contributed by atoms with E-state index in [-0.39, 0.29) is 12.5 Å². The molecule has 1 aromatic heterocycles. The fraction of sp³-hybridized carbons (Fsp3) is 0.0909. The van der Waals surface area contributed by atoms with Crippen LogP contribution in [0.2, 0.25) is 5.02 Å². The molecule has 1 heterocycles. The van der Waals surface area contributed by atoms with Crippen molar-refractivity contribution in [3.8, 4) is 0 Å². The number of aryl methyl sites for hydroxylation is 1. The van der Waals surface area contributed by atoms with Crippen molar-refractivity contribution in [3.05, 3.63) is 88.3 Å². The van der Waals surface area contributed by atoms with Gasteiger partial charge in [-0.15, -0.1) is 0 Å². The van der Waals surface area contributed by atoms with E-state index in [1.807, 2.05) is 19.1 Å². The number of anilines is 1. The van der Waals surface area contributed by atoms with Crippen molar-refractivity contribution in [2.45, 2.75) is 13.5 Å². The van der Waals surface area contributed by atoms with Crippen LogP contribution in [0.4, 0.5) is 5.69 Å². The number of carbonyl (C=O) groups is 3. The normalized spacial score (nSPS) is 10.6. The number of hydrazone groups is 1. The van der Waals surface area contributed by atoms with Gasteiger partial charge in [0.2, 0.25) is 0 Å². The summed E-state index contributed by atoms with van der Waals surface area (Å²) in [4.78, 5) is 36.0. The molecule has 0 aliphatic carbocycles. The van der Waals surface area contributed by atoms with E-state index in [9.17, 15) is 14.4 Å². The Hall–Kier alpha value is -3.91. The Morgan fingerprint density at radius 1 is 1.03 bits per heavy atom. The second kappa shape index (κ2) is 10.2. The highest BCUT2D eigenvalue weighted by Crippen LogP contribution is 2.14. The zero-order valence-electron chi connectivity index (χ0n) is 16.5. The Kier molecular flexibility index (Phi) is 7.18. The van der Waals surface area contributed by atoms with Gasteiger partial charge in [-0.2, -0.15) is 5.10 Å². The number of hydrogen-bond acceptors (Lipinski definition) is 5. The van der Waals surface area contributed by atoms with Gasteiger partial charge in [0, 0.05) is 16.3 Å². The van der Waals surface area contributed by atoms with Crippen molar-refractivity contribution in [2.24, 2.45) is 5.10 Å². The van der Waals surface area contributed by atoms with Gasteiger partial charge in [-0.25, -0.2) is 5.43 Å². The van der Waals surface area contributed by atoms with Crippen LogP contribution in [0, 0.1) is 6.92 Å². The van der Waals surface area contributed by atoms with Gasteiger partial charge in [0.25, 0.3) is 5.91 Å². The molecule has 0 saturated carbocycles. The molecule has 3 rings (SSSR count). The Morgan fingerprint density at radius 3 is 2.61 bits per heavy atom. The predicted octanol–water partition coefficient (Wildman–Crippen LogP) is 3.26. The van der Waals surface area contributed by atoms with Gasteiger partial charge >= 0.3 is 11.8 Å². The van der Waals surface area contributed by atoms with E-state index in [0.717, 1.165) is 5.56 Å². The molecule has 0 fully saturated rings. The van der Waals surface area contributed by atoms with Crippen LogP contribution in [0.1, 0.15) is 27.4 Å². The van der Waals surface area contributed by atoms with Gasteiger partial charge in [0.1, 0.15) is 11.5 Å². The first-order valence-electron chi connectivity index (χ1n) is 9.25. The maximum atomic E-state index is 12.1. The van der Waals surface area contributed by atoms with E-state index in [0.29, 0.717) is 27.8 Å². The van der Waals surface area contributed by atoms with Gasteiger partial charge < -0.3 is 15.1 Å². The zero-order chi connectivity index (χ0) is 22.2. The van der Waals surface area contributed by atoms with Gasteiger partial charge in [0.05, 0.1) is 12.8 Å². The molecule has 2 aromatic carbocycles. The summed E-state index contributed by atoms with van der Waals surface area (Å²) in [5, 5.41) is 9.22. The summed E-state index contributed by atoms with van der Waals surface area (Å²) in [5.41, 5.74) is 4.21. The second-order valence-corrected chi connectivity index (χ2v) is 6.90. The monoisotopic (exact) mass is 438 g/mol. The quantitative estimate of drug-likeness (QED) is 0.311. The second-order valence-electron chi connectivity index (χ2n) is 6.47. The van der Waals surface area contributed by atoms with Crippen LogP contribution < -0.4 is 16.1 Å². The highest BCUT2D eigenvalue weighted by atomic mass is 35.5. The minimum absolute atomic E-state index is 0.00517. The SMILES string of the molecule is Cc1ccccc1C(=O)N/N=C\c1ccc(CNC(=O)C(=O)Nc2cccc(Cl)c2)o1. The maximum absolute atomic E-state index is 12.1. The van der Waals surface area contributed by atoms with Crippen molar-refractivity contribution in [3.63, 3.8) is 0 Å². The topological polar surface area (TPSA) is 113 Å². The largest absolute Gasteiger partial charge is 0.458 e. The molecule has 8 nitrogen and oxygen atoms in total. The third-order valence-corrected chi connectivity index (χ3v) is 4.38. The van der Waals surface area contributed by atoms with E-state index in [1.165, 1.54) is 12.3 Å². The molecule has 0 spiro atoms. The summed E-state index contributed by atoms with van der Waals surface area (Å²) >= 11 is 5.84. The molecule has 0 unspecified atom stereocenters. The van der Waals surface area contributed by atoms with E-state index in [1.54, 1.807) is 42.5 Å². The van der Waals surface area contributed by atoms with Gasteiger partial charge in [-0.05, 0) is 48.9 Å². The molecular weight excluding hydrogens is 420 g/mol. The standard InChI is InChI=1S/C22H19ClN4O4/c1-14-5-2-3-8-19(14)20(28)27-25-13-18-10-9-17(31-18)12-24-21(29)22(30)26-16-7-4-6-15(23)11-16/h2-11,13H,12H2,1H3,(H,24,29)(H,26,30)(H,27,28)/b25-13-. The molecule has 3 amide bonds. The Balaban J connectivity index is 1.47. The van der Waals surface area contributed by atoms with Crippen LogP contribution in [-0.4, -0.2) is 23.9 Å². The number of carbonyl (C=O) groups excluding carboxylic acids is 3. The molecule has 0 saturated heterocycles. The van der Waals surface area contributed by atoms with E-state index < -0.39 is 11.8 Å². The molecule has 0 radical (unpaired) electrons. The lowest BCUT2D eigenvalue weighted by atomic mass is 10.1. The third-order valence-electron chi connectivity index (χ3n) is 4.14. The molecule has 0 bridgehead atoms. The van der Waals surface area contributed by atoms with Crippen LogP contribution >= 0.6 is 11.6 Å². The minimum Gasteiger partial charge on any atom is -0.458 e. The van der Waals surface area contributed by atoms with Crippen LogP contribution in [0.25, 0.3) is 0 Å². The lowest BCUT2D eigenvalue weighted by Crippen LogP contribution is -2.34. The smallest absolute Gasteiger partial charge is 0.313 e. The lowest BCUT2D eigenvalue weighted by Gasteiger charge is -2.05. The Labute approximate surface area is 183 Å². The third kappa shape index (κ3) is 6.28. The molecule has 3 N–H and O–H groups in total. The zero-order valence-corrected chi connectivity index (χ0v) is 17.3. The average molecular weight is 439 g/mol. The number of nitrogens with one attached hydrogen (secondary N) is 3. The van der Waals surface area contributed by atoms with E-state index in [2.05, 4.69) is 21.2 Å².